The monoisotopic (exact) mass is 399 g/mol. The zero-order valence-corrected chi connectivity index (χ0v) is 17.2. The van der Waals surface area contributed by atoms with Crippen molar-refractivity contribution in [2.45, 2.75) is 25.9 Å². The Bertz CT molecular complexity index is 791. The van der Waals surface area contributed by atoms with Gasteiger partial charge < -0.3 is 19.3 Å². The number of hydrogen-bond donors (Lipinski definition) is 0. The number of hydrogen-bond acceptors (Lipinski definition) is 6. The fourth-order valence-electron chi connectivity index (χ4n) is 4.32. The average molecular weight is 399 g/mol. The van der Waals surface area contributed by atoms with Crippen molar-refractivity contribution in [3.8, 4) is 5.75 Å². The van der Waals surface area contributed by atoms with Gasteiger partial charge in [0.05, 0.1) is 25.3 Å². The summed E-state index contributed by atoms with van der Waals surface area (Å²) in [5.74, 6) is 0.310. The van der Waals surface area contributed by atoms with Crippen LogP contribution in [0.1, 0.15) is 25.3 Å². The van der Waals surface area contributed by atoms with E-state index in [2.05, 4.69) is 16.7 Å². The molecule has 2 fully saturated rings. The molecule has 1 aromatic carbocycles. The van der Waals surface area contributed by atoms with Crippen molar-refractivity contribution in [1.82, 2.24) is 14.7 Å². The second kappa shape index (κ2) is 8.55. The summed E-state index contributed by atoms with van der Waals surface area (Å²) in [5.41, 5.74) is 1.79. The lowest BCUT2D eigenvalue weighted by molar-refractivity contribution is -0.139. The molecule has 29 heavy (non-hydrogen) atoms. The van der Waals surface area contributed by atoms with E-state index in [9.17, 15) is 9.59 Å². The molecular formula is C22H29N3O4. The molecule has 3 heterocycles. The Labute approximate surface area is 171 Å². The molecule has 1 aromatic rings. The maximum atomic E-state index is 13.4. The maximum absolute atomic E-state index is 13.4. The molecule has 0 aliphatic carbocycles. The van der Waals surface area contributed by atoms with Gasteiger partial charge in [-0.1, -0.05) is 19.1 Å². The Morgan fingerprint density at radius 1 is 1.07 bits per heavy atom. The van der Waals surface area contributed by atoms with Crippen LogP contribution in [0.3, 0.4) is 0 Å². The third-order valence-corrected chi connectivity index (χ3v) is 6.07. The minimum Gasteiger partial charge on any atom is -0.497 e. The Balaban J connectivity index is 1.66. The number of methoxy groups -OCH3 is 1. The minimum absolute atomic E-state index is 0.0590. The van der Waals surface area contributed by atoms with E-state index in [-0.39, 0.29) is 17.9 Å². The van der Waals surface area contributed by atoms with Crippen LogP contribution in [0, 0.1) is 0 Å². The van der Waals surface area contributed by atoms with E-state index in [1.807, 2.05) is 24.3 Å². The molecule has 7 heteroatoms. The van der Waals surface area contributed by atoms with Crippen LogP contribution in [0.25, 0.3) is 5.57 Å². The number of nitrogens with zero attached hydrogens (tertiary/aromatic N) is 3. The first-order valence-electron chi connectivity index (χ1n) is 10.5. The predicted octanol–water partition coefficient (Wildman–Crippen LogP) is 1.59. The van der Waals surface area contributed by atoms with Crippen LogP contribution < -0.4 is 4.74 Å². The Hall–Kier alpha value is -2.38. The molecule has 4 rings (SSSR count). The second-order valence-corrected chi connectivity index (χ2v) is 7.73. The first-order chi connectivity index (χ1) is 14.1. The average Bonchev–Trinajstić information content (AvgIpc) is 3.36. The van der Waals surface area contributed by atoms with E-state index in [4.69, 9.17) is 9.47 Å². The van der Waals surface area contributed by atoms with Gasteiger partial charge in [0.15, 0.2) is 0 Å². The summed E-state index contributed by atoms with van der Waals surface area (Å²) < 4.78 is 10.9. The van der Waals surface area contributed by atoms with Crippen LogP contribution in [0.5, 0.6) is 5.75 Å². The topological polar surface area (TPSA) is 62.3 Å². The predicted molar refractivity (Wildman–Crippen MR) is 109 cm³/mol. The first-order valence-corrected chi connectivity index (χ1v) is 10.5. The molecule has 2 saturated heterocycles. The summed E-state index contributed by atoms with van der Waals surface area (Å²) in [7, 11) is 1.61. The largest absolute Gasteiger partial charge is 0.497 e. The van der Waals surface area contributed by atoms with Gasteiger partial charge >= 0.3 is 0 Å². The van der Waals surface area contributed by atoms with E-state index in [1.54, 1.807) is 7.11 Å². The molecule has 0 spiro atoms. The highest BCUT2D eigenvalue weighted by Crippen LogP contribution is 2.33. The Kier molecular flexibility index (Phi) is 5.87. The number of imide groups is 1. The third kappa shape index (κ3) is 3.89. The van der Waals surface area contributed by atoms with Gasteiger partial charge in [0, 0.05) is 32.8 Å². The van der Waals surface area contributed by atoms with E-state index in [1.165, 1.54) is 4.90 Å². The zero-order chi connectivity index (χ0) is 20.4. The molecule has 7 nitrogen and oxygen atoms in total. The SMILES string of the molecule is CCN1CCN(C2=C(c3ccc(OC)cc3)C(=O)N(CC3CCCO3)C2=O)CC1. The second-order valence-electron chi connectivity index (χ2n) is 7.73. The fourth-order valence-corrected chi connectivity index (χ4v) is 4.32. The van der Waals surface area contributed by atoms with Gasteiger partial charge in [0.1, 0.15) is 11.4 Å². The van der Waals surface area contributed by atoms with Crippen molar-refractivity contribution in [2.24, 2.45) is 0 Å². The third-order valence-electron chi connectivity index (χ3n) is 6.07. The number of carbonyl (C=O) groups excluding carboxylic acids is 2. The van der Waals surface area contributed by atoms with Crippen molar-refractivity contribution in [3.63, 3.8) is 0 Å². The molecule has 1 atom stereocenters. The summed E-state index contributed by atoms with van der Waals surface area (Å²) >= 11 is 0. The molecule has 0 saturated carbocycles. The van der Waals surface area contributed by atoms with Crippen LogP contribution in [-0.2, 0) is 14.3 Å². The van der Waals surface area contributed by atoms with Gasteiger partial charge in [0.2, 0.25) is 0 Å². The van der Waals surface area contributed by atoms with E-state index >= 15 is 0 Å². The number of piperazine rings is 1. The summed E-state index contributed by atoms with van der Waals surface area (Å²) in [6.07, 6.45) is 1.81. The Morgan fingerprint density at radius 3 is 2.38 bits per heavy atom. The molecule has 3 aliphatic rings. The van der Waals surface area contributed by atoms with Crippen LogP contribution in [0.4, 0.5) is 0 Å². The highest BCUT2D eigenvalue weighted by Gasteiger charge is 2.43. The van der Waals surface area contributed by atoms with Gasteiger partial charge in [-0.3, -0.25) is 14.5 Å². The minimum atomic E-state index is -0.219. The Morgan fingerprint density at radius 2 is 1.79 bits per heavy atom. The number of likely N-dealkylation sites (N-methyl/N-ethyl adjacent to an activating group) is 1. The summed E-state index contributed by atoms with van der Waals surface area (Å²) in [6.45, 7) is 7.44. The highest BCUT2D eigenvalue weighted by atomic mass is 16.5. The molecule has 2 amide bonds. The first kappa shape index (κ1) is 19.9. The van der Waals surface area contributed by atoms with Gasteiger partial charge in [-0.2, -0.15) is 0 Å². The van der Waals surface area contributed by atoms with Gasteiger partial charge in [-0.15, -0.1) is 0 Å². The normalized spacial score (nSPS) is 23.4. The standard InChI is InChI=1S/C22H29N3O4/c1-3-23-10-12-24(13-11-23)20-19(16-6-8-17(28-2)9-7-16)21(26)25(22(20)27)15-18-5-4-14-29-18/h6-9,18H,3-5,10-15H2,1-2H3. The smallest absolute Gasteiger partial charge is 0.277 e. The molecular weight excluding hydrogens is 370 g/mol. The number of rotatable bonds is 6. The van der Waals surface area contributed by atoms with Crippen LogP contribution in [0.15, 0.2) is 30.0 Å². The van der Waals surface area contributed by atoms with Crippen LogP contribution >= 0.6 is 0 Å². The van der Waals surface area contributed by atoms with E-state index in [0.29, 0.717) is 24.4 Å². The molecule has 0 radical (unpaired) electrons. The van der Waals surface area contributed by atoms with E-state index in [0.717, 1.165) is 56.9 Å². The highest BCUT2D eigenvalue weighted by molar-refractivity contribution is 6.35. The molecule has 3 aliphatic heterocycles. The van der Waals surface area contributed by atoms with Gasteiger partial charge in [-0.25, -0.2) is 0 Å². The van der Waals surface area contributed by atoms with Crippen LogP contribution in [-0.4, -0.2) is 85.6 Å². The lowest BCUT2D eigenvalue weighted by Crippen LogP contribution is -2.47. The van der Waals surface area contributed by atoms with Gasteiger partial charge in [-0.05, 0) is 37.1 Å². The van der Waals surface area contributed by atoms with Crippen molar-refractivity contribution in [2.75, 3.05) is 53.0 Å². The number of benzene rings is 1. The summed E-state index contributed by atoms with van der Waals surface area (Å²) in [6, 6.07) is 7.37. The number of ether oxygens (including phenoxy) is 2. The maximum Gasteiger partial charge on any atom is 0.277 e. The molecule has 0 N–H and O–H groups in total. The van der Waals surface area contributed by atoms with Crippen LogP contribution in [0.2, 0.25) is 0 Å². The van der Waals surface area contributed by atoms with Gasteiger partial charge in [0.25, 0.3) is 11.8 Å². The fraction of sp³-hybridized carbons (Fsp3) is 0.545. The molecule has 1 unspecified atom stereocenters. The quantitative estimate of drug-likeness (QED) is 0.677. The van der Waals surface area contributed by atoms with E-state index < -0.39 is 0 Å². The number of amides is 2. The summed E-state index contributed by atoms with van der Waals surface area (Å²) in [4.78, 5) is 32.6. The lowest BCUT2D eigenvalue weighted by atomic mass is 10.0. The van der Waals surface area contributed by atoms with Crippen molar-refractivity contribution < 1.29 is 19.1 Å². The molecule has 156 valence electrons. The zero-order valence-electron chi connectivity index (χ0n) is 17.2. The van der Waals surface area contributed by atoms with Crippen molar-refractivity contribution >= 4 is 17.4 Å². The lowest BCUT2D eigenvalue weighted by Gasteiger charge is -2.36. The summed E-state index contributed by atoms with van der Waals surface area (Å²) in [5, 5.41) is 0. The molecule has 0 aromatic heterocycles. The number of carbonyl (C=O) groups is 2. The van der Waals surface area contributed by atoms with Crippen molar-refractivity contribution in [1.29, 1.82) is 0 Å². The molecule has 0 bridgehead atoms. The van der Waals surface area contributed by atoms with Crippen molar-refractivity contribution in [3.05, 3.63) is 35.5 Å².